The summed E-state index contributed by atoms with van der Waals surface area (Å²) < 4.78 is 5.77. The van der Waals surface area contributed by atoms with Crippen molar-refractivity contribution in [1.29, 1.82) is 0 Å². The summed E-state index contributed by atoms with van der Waals surface area (Å²) in [6.07, 6.45) is 7.91. The van der Waals surface area contributed by atoms with Crippen LogP contribution in [0, 0.1) is 5.41 Å². The number of nitrogens with one attached hydrogen (secondary N) is 1. The van der Waals surface area contributed by atoms with Gasteiger partial charge in [-0.05, 0) is 26.3 Å². The van der Waals surface area contributed by atoms with Crippen molar-refractivity contribution in [2.45, 2.75) is 45.4 Å². The molecule has 0 bridgehead atoms. The minimum atomic E-state index is 0.461. The zero-order chi connectivity index (χ0) is 10.3. The first-order valence-electron chi connectivity index (χ1n) is 6.05. The van der Waals surface area contributed by atoms with E-state index in [1.165, 1.54) is 38.5 Å². The minimum absolute atomic E-state index is 0.461. The zero-order valence-corrected chi connectivity index (χ0v) is 9.77. The van der Waals surface area contributed by atoms with Crippen LogP contribution in [0.5, 0.6) is 0 Å². The summed E-state index contributed by atoms with van der Waals surface area (Å²) in [6.45, 7) is 5.25. The van der Waals surface area contributed by atoms with Crippen LogP contribution >= 0.6 is 0 Å². The van der Waals surface area contributed by atoms with Crippen molar-refractivity contribution in [1.82, 2.24) is 5.32 Å². The zero-order valence-electron chi connectivity index (χ0n) is 9.77. The van der Waals surface area contributed by atoms with E-state index in [4.69, 9.17) is 4.74 Å². The van der Waals surface area contributed by atoms with E-state index in [9.17, 15) is 0 Å². The molecule has 0 aliphatic heterocycles. The van der Waals surface area contributed by atoms with Crippen molar-refractivity contribution >= 4 is 0 Å². The van der Waals surface area contributed by atoms with Crippen molar-refractivity contribution in [2.24, 2.45) is 5.41 Å². The van der Waals surface area contributed by atoms with E-state index in [1.54, 1.807) is 0 Å². The van der Waals surface area contributed by atoms with E-state index >= 15 is 0 Å². The topological polar surface area (TPSA) is 21.3 Å². The van der Waals surface area contributed by atoms with Crippen LogP contribution in [-0.4, -0.2) is 26.8 Å². The molecule has 0 radical (unpaired) electrons. The summed E-state index contributed by atoms with van der Waals surface area (Å²) in [5, 5.41) is 3.31. The Bertz CT molecular complexity index is 141. The van der Waals surface area contributed by atoms with Gasteiger partial charge in [0.15, 0.2) is 0 Å². The maximum atomic E-state index is 5.77. The summed E-state index contributed by atoms with van der Waals surface area (Å²) in [5.74, 6) is 0. The first-order valence-corrected chi connectivity index (χ1v) is 6.05. The molecule has 2 heteroatoms. The maximum Gasteiger partial charge on any atom is 0.0534 e. The van der Waals surface area contributed by atoms with Crippen LogP contribution in [0.4, 0.5) is 0 Å². The normalized spacial score (nSPS) is 20.1. The van der Waals surface area contributed by atoms with Crippen LogP contribution in [0.2, 0.25) is 0 Å². The van der Waals surface area contributed by atoms with Gasteiger partial charge in [-0.2, -0.15) is 0 Å². The van der Waals surface area contributed by atoms with Gasteiger partial charge in [0.25, 0.3) is 0 Å². The van der Waals surface area contributed by atoms with Crippen LogP contribution in [0.3, 0.4) is 0 Å². The van der Waals surface area contributed by atoms with Gasteiger partial charge in [0.1, 0.15) is 0 Å². The standard InChI is InChI=1S/C12H25NO/c1-3-4-9-14-11-12(10-13-2)7-5-6-8-12/h13H,3-11H2,1-2H3. The van der Waals surface area contributed by atoms with Gasteiger partial charge in [0.2, 0.25) is 0 Å². The van der Waals surface area contributed by atoms with E-state index in [1.807, 2.05) is 7.05 Å². The smallest absolute Gasteiger partial charge is 0.0534 e. The first kappa shape index (κ1) is 12.0. The van der Waals surface area contributed by atoms with Gasteiger partial charge in [-0.3, -0.25) is 0 Å². The highest BCUT2D eigenvalue weighted by molar-refractivity contribution is 4.86. The Kier molecular flexibility index (Phi) is 5.49. The largest absolute Gasteiger partial charge is 0.381 e. The van der Waals surface area contributed by atoms with Crippen LogP contribution in [0.25, 0.3) is 0 Å². The van der Waals surface area contributed by atoms with Crippen molar-refractivity contribution < 1.29 is 4.74 Å². The quantitative estimate of drug-likeness (QED) is 0.636. The predicted molar refractivity (Wildman–Crippen MR) is 60.6 cm³/mol. The third-order valence-electron chi connectivity index (χ3n) is 3.27. The Hall–Kier alpha value is -0.0800. The third kappa shape index (κ3) is 3.58. The summed E-state index contributed by atoms with van der Waals surface area (Å²) in [6, 6.07) is 0. The van der Waals surface area contributed by atoms with E-state index < -0.39 is 0 Å². The molecule has 0 aromatic heterocycles. The highest BCUT2D eigenvalue weighted by atomic mass is 16.5. The predicted octanol–water partition coefficient (Wildman–Crippen LogP) is 2.58. The molecule has 1 fully saturated rings. The average molecular weight is 199 g/mol. The average Bonchev–Trinajstić information content (AvgIpc) is 2.63. The van der Waals surface area contributed by atoms with Crippen molar-refractivity contribution in [3.63, 3.8) is 0 Å². The fraction of sp³-hybridized carbons (Fsp3) is 1.00. The molecule has 0 atom stereocenters. The van der Waals surface area contributed by atoms with E-state index in [-0.39, 0.29) is 0 Å². The molecule has 84 valence electrons. The lowest BCUT2D eigenvalue weighted by molar-refractivity contribution is 0.0457. The summed E-state index contributed by atoms with van der Waals surface area (Å²) in [4.78, 5) is 0. The molecule has 1 aliphatic rings. The summed E-state index contributed by atoms with van der Waals surface area (Å²) in [5.41, 5.74) is 0.461. The van der Waals surface area contributed by atoms with Crippen LogP contribution in [0.1, 0.15) is 45.4 Å². The molecule has 1 aliphatic carbocycles. The van der Waals surface area contributed by atoms with Crippen molar-refractivity contribution in [3.8, 4) is 0 Å². The maximum absolute atomic E-state index is 5.77. The van der Waals surface area contributed by atoms with Gasteiger partial charge >= 0.3 is 0 Å². The molecule has 0 saturated heterocycles. The van der Waals surface area contributed by atoms with Gasteiger partial charge in [-0.15, -0.1) is 0 Å². The highest BCUT2D eigenvalue weighted by Gasteiger charge is 2.33. The van der Waals surface area contributed by atoms with Gasteiger partial charge in [-0.1, -0.05) is 26.2 Å². The number of hydrogen-bond donors (Lipinski definition) is 1. The first-order chi connectivity index (χ1) is 6.83. The fourth-order valence-corrected chi connectivity index (χ4v) is 2.41. The summed E-state index contributed by atoms with van der Waals surface area (Å²) >= 11 is 0. The molecule has 0 unspecified atom stereocenters. The molecule has 1 N–H and O–H groups in total. The Morgan fingerprint density at radius 1 is 1.29 bits per heavy atom. The molecular formula is C12H25NO. The van der Waals surface area contributed by atoms with Gasteiger partial charge in [0, 0.05) is 18.6 Å². The Morgan fingerprint density at radius 3 is 2.57 bits per heavy atom. The second kappa shape index (κ2) is 6.41. The number of unbranched alkanes of at least 4 members (excludes halogenated alkanes) is 1. The molecule has 0 heterocycles. The van der Waals surface area contributed by atoms with Gasteiger partial charge in [-0.25, -0.2) is 0 Å². The monoisotopic (exact) mass is 199 g/mol. The second-order valence-electron chi connectivity index (χ2n) is 4.64. The summed E-state index contributed by atoms with van der Waals surface area (Å²) in [7, 11) is 2.05. The Balaban J connectivity index is 2.21. The number of hydrogen-bond acceptors (Lipinski definition) is 2. The van der Waals surface area contributed by atoms with Crippen LogP contribution in [0.15, 0.2) is 0 Å². The third-order valence-corrected chi connectivity index (χ3v) is 3.27. The van der Waals surface area contributed by atoms with Crippen LogP contribution in [-0.2, 0) is 4.74 Å². The molecule has 0 aromatic rings. The van der Waals surface area contributed by atoms with Gasteiger partial charge < -0.3 is 10.1 Å². The van der Waals surface area contributed by atoms with E-state index in [0.29, 0.717) is 5.41 Å². The lowest BCUT2D eigenvalue weighted by Gasteiger charge is -2.28. The second-order valence-corrected chi connectivity index (χ2v) is 4.64. The van der Waals surface area contributed by atoms with Crippen LogP contribution < -0.4 is 5.32 Å². The Morgan fingerprint density at radius 2 is 2.00 bits per heavy atom. The lowest BCUT2D eigenvalue weighted by Crippen LogP contribution is -2.34. The molecule has 0 aromatic carbocycles. The molecule has 1 saturated carbocycles. The van der Waals surface area contributed by atoms with E-state index in [2.05, 4.69) is 12.2 Å². The SMILES string of the molecule is CCCCOCC1(CNC)CCCC1. The Labute approximate surface area is 88.4 Å². The number of ether oxygens (including phenoxy) is 1. The minimum Gasteiger partial charge on any atom is -0.381 e. The van der Waals surface area contributed by atoms with Gasteiger partial charge in [0.05, 0.1) is 6.61 Å². The molecule has 0 spiro atoms. The highest BCUT2D eigenvalue weighted by Crippen LogP contribution is 2.37. The molecular weight excluding hydrogens is 174 g/mol. The number of rotatable bonds is 7. The molecule has 1 rings (SSSR count). The van der Waals surface area contributed by atoms with Crippen molar-refractivity contribution in [2.75, 3.05) is 26.8 Å². The molecule has 2 nitrogen and oxygen atoms in total. The van der Waals surface area contributed by atoms with E-state index in [0.717, 1.165) is 19.8 Å². The molecule has 14 heavy (non-hydrogen) atoms. The fourth-order valence-electron chi connectivity index (χ4n) is 2.41. The molecule has 0 amide bonds. The van der Waals surface area contributed by atoms with Crippen molar-refractivity contribution in [3.05, 3.63) is 0 Å². The lowest BCUT2D eigenvalue weighted by atomic mass is 9.87.